The average molecular weight is 438 g/mol. The summed E-state index contributed by atoms with van der Waals surface area (Å²) in [6.45, 7) is 1.28. The zero-order chi connectivity index (χ0) is 20.5. The number of fused-ring (bicyclic) bond motifs is 2. The van der Waals surface area contributed by atoms with Crippen LogP contribution >= 0.6 is 23.4 Å². The fourth-order valence-electron chi connectivity index (χ4n) is 3.87. The lowest BCUT2D eigenvalue weighted by Gasteiger charge is -2.16. The Balaban J connectivity index is 1.53. The molecule has 5 rings (SSSR count). The maximum Gasteiger partial charge on any atom is 0.262 e. The first-order valence-electron chi connectivity index (χ1n) is 9.97. The van der Waals surface area contributed by atoms with Crippen molar-refractivity contribution < 1.29 is 4.74 Å². The second-order valence-corrected chi connectivity index (χ2v) is 8.71. The van der Waals surface area contributed by atoms with E-state index in [-0.39, 0.29) is 11.7 Å². The van der Waals surface area contributed by atoms with Crippen molar-refractivity contribution in [1.82, 2.24) is 14.5 Å². The van der Waals surface area contributed by atoms with Crippen LogP contribution in [0.15, 0.2) is 64.7 Å². The van der Waals surface area contributed by atoms with Gasteiger partial charge in [0.2, 0.25) is 0 Å². The van der Waals surface area contributed by atoms with Crippen molar-refractivity contribution >= 4 is 45.2 Å². The summed E-state index contributed by atoms with van der Waals surface area (Å²) in [5.74, 6) is 0.640. The van der Waals surface area contributed by atoms with Crippen LogP contribution in [-0.2, 0) is 17.0 Å². The van der Waals surface area contributed by atoms with Crippen molar-refractivity contribution in [2.45, 2.75) is 36.4 Å². The molecule has 1 aliphatic heterocycles. The second kappa shape index (κ2) is 8.38. The Morgan fingerprint density at radius 3 is 2.87 bits per heavy atom. The molecule has 30 heavy (non-hydrogen) atoms. The third-order valence-electron chi connectivity index (χ3n) is 5.39. The molecule has 7 heteroatoms. The first-order valence-corrected chi connectivity index (χ1v) is 11.3. The molecular weight excluding hydrogens is 418 g/mol. The topological polar surface area (TPSA) is 57.0 Å². The smallest absolute Gasteiger partial charge is 0.262 e. The molecule has 0 radical (unpaired) electrons. The number of halogens is 1. The number of benzene rings is 2. The van der Waals surface area contributed by atoms with Gasteiger partial charge >= 0.3 is 0 Å². The largest absolute Gasteiger partial charge is 0.376 e. The van der Waals surface area contributed by atoms with Crippen molar-refractivity contribution in [3.05, 3.63) is 75.7 Å². The van der Waals surface area contributed by atoms with Gasteiger partial charge in [0.05, 0.1) is 29.1 Å². The molecule has 5 nitrogen and oxygen atoms in total. The minimum Gasteiger partial charge on any atom is -0.376 e. The van der Waals surface area contributed by atoms with Gasteiger partial charge in [-0.3, -0.25) is 14.3 Å². The molecule has 1 atom stereocenters. The number of hydrogen-bond acceptors (Lipinski definition) is 5. The van der Waals surface area contributed by atoms with Gasteiger partial charge in [-0.25, -0.2) is 4.98 Å². The average Bonchev–Trinajstić information content (AvgIpc) is 3.29. The highest BCUT2D eigenvalue weighted by Crippen LogP contribution is 2.30. The van der Waals surface area contributed by atoms with Crippen LogP contribution in [-0.4, -0.2) is 27.2 Å². The van der Waals surface area contributed by atoms with Gasteiger partial charge in [-0.05, 0) is 48.7 Å². The zero-order valence-electron chi connectivity index (χ0n) is 16.3. The molecule has 0 N–H and O–H groups in total. The Bertz CT molecular complexity index is 1280. The summed E-state index contributed by atoms with van der Waals surface area (Å²) in [6, 6.07) is 15.3. The van der Waals surface area contributed by atoms with Gasteiger partial charge in [-0.1, -0.05) is 41.6 Å². The molecule has 4 aromatic rings. The van der Waals surface area contributed by atoms with E-state index in [2.05, 4.69) is 4.98 Å². The van der Waals surface area contributed by atoms with Gasteiger partial charge in [0.25, 0.3) is 5.56 Å². The number of para-hydroxylation sites is 1. The fourth-order valence-corrected chi connectivity index (χ4v) is 5.08. The van der Waals surface area contributed by atoms with Gasteiger partial charge in [-0.15, -0.1) is 0 Å². The summed E-state index contributed by atoms with van der Waals surface area (Å²) >= 11 is 7.88. The third kappa shape index (κ3) is 3.71. The molecular formula is C23H20ClN3O2S. The summed E-state index contributed by atoms with van der Waals surface area (Å²) in [7, 11) is 0. The van der Waals surface area contributed by atoms with Gasteiger partial charge in [-0.2, -0.15) is 0 Å². The lowest BCUT2D eigenvalue weighted by Crippen LogP contribution is -2.28. The van der Waals surface area contributed by atoms with Crippen LogP contribution < -0.4 is 5.56 Å². The van der Waals surface area contributed by atoms with Crippen LogP contribution in [0, 0.1) is 0 Å². The van der Waals surface area contributed by atoms with E-state index >= 15 is 0 Å². The van der Waals surface area contributed by atoms with Gasteiger partial charge in [0.1, 0.15) is 0 Å². The van der Waals surface area contributed by atoms with E-state index in [0.717, 1.165) is 35.9 Å². The van der Waals surface area contributed by atoms with Gasteiger partial charge in [0.15, 0.2) is 5.16 Å². The normalized spacial score (nSPS) is 16.5. The third-order valence-corrected chi connectivity index (χ3v) is 6.75. The van der Waals surface area contributed by atoms with E-state index in [4.69, 9.17) is 21.3 Å². The Hall–Kier alpha value is -2.41. The molecule has 3 heterocycles. The molecule has 0 saturated carbocycles. The summed E-state index contributed by atoms with van der Waals surface area (Å²) in [6.07, 6.45) is 3.83. The first-order chi connectivity index (χ1) is 14.7. The maximum atomic E-state index is 13.2. The van der Waals surface area contributed by atoms with Crippen LogP contribution in [0.2, 0.25) is 5.02 Å². The Labute approximate surface area is 183 Å². The Kier molecular flexibility index (Phi) is 5.46. The summed E-state index contributed by atoms with van der Waals surface area (Å²) in [4.78, 5) is 22.6. The second-order valence-electron chi connectivity index (χ2n) is 7.36. The predicted molar refractivity (Wildman–Crippen MR) is 121 cm³/mol. The molecule has 1 fully saturated rings. The van der Waals surface area contributed by atoms with E-state index < -0.39 is 0 Å². The minimum atomic E-state index is -0.0160. The molecule has 1 saturated heterocycles. The van der Waals surface area contributed by atoms with E-state index in [1.165, 1.54) is 0 Å². The van der Waals surface area contributed by atoms with Crippen molar-refractivity contribution in [2.75, 3.05) is 6.61 Å². The maximum absolute atomic E-state index is 13.2. The molecule has 0 spiro atoms. The SMILES string of the molecule is O=c1c2ccccc2nc(SCc2ccc(Cl)c3cccnc23)n1CC1CCCO1. The highest BCUT2D eigenvalue weighted by atomic mass is 35.5. The zero-order valence-corrected chi connectivity index (χ0v) is 17.8. The Morgan fingerprint density at radius 2 is 2.00 bits per heavy atom. The number of nitrogens with zero attached hydrogens (tertiary/aromatic N) is 3. The summed E-state index contributed by atoms with van der Waals surface area (Å²) in [5.41, 5.74) is 2.64. The van der Waals surface area contributed by atoms with E-state index in [1.54, 1.807) is 22.5 Å². The Morgan fingerprint density at radius 1 is 1.13 bits per heavy atom. The predicted octanol–water partition coefficient (Wildman–Crippen LogP) is 5.07. The van der Waals surface area contributed by atoms with Gasteiger partial charge in [0, 0.05) is 29.0 Å². The van der Waals surface area contributed by atoms with Crippen LogP contribution in [0.5, 0.6) is 0 Å². The number of hydrogen-bond donors (Lipinski definition) is 0. The van der Waals surface area contributed by atoms with Crippen molar-refractivity contribution in [3.63, 3.8) is 0 Å². The van der Waals surface area contributed by atoms with Crippen LogP contribution in [0.1, 0.15) is 18.4 Å². The molecule has 0 aliphatic carbocycles. The summed E-state index contributed by atoms with van der Waals surface area (Å²) < 4.78 is 7.56. The van der Waals surface area contributed by atoms with Crippen LogP contribution in [0.3, 0.4) is 0 Å². The standard InChI is InChI=1S/C23H20ClN3O2S/c24-19-10-9-15(21-17(19)7-3-11-25-21)14-30-23-26-20-8-2-1-6-18(20)22(28)27(23)13-16-5-4-12-29-16/h1-3,6-11,16H,4-5,12-14H2. The van der Waals surface area contributed by atoms with E-state index in [0.29, 0.717) is 33.4 Å². The van der Waals surface area contributed by atoms with E-state index in [9.17, 15) is 4.79 Å². The molecule has 1 unspecified atom stereocenters. The number of pyridine rings is 1. The molecule has 0 amide bonds. The van der Waals surface area contributed by atoms with Crippen molar-refractivity contribution in [3.8, 4) is 0 Å². The molecule has 2 aromatic heterocycles. The number of ether oxygens (including phenoxy) is 1. The van der Waals surface area contributed by atoms with Crippen molar-refractivity contribution in [1.29, 1.82) is 0 Å². The summed E-state index contributed by atoms with van der Waals surface area (Å²) in [5, 5.41) is 2.96. The highest BCUT2D eigenvalue weighted by Gasteiger charge is 2.20. The number of rotatable bonds is 5. The lowest BCUT2D eigenvalue weighted by molar-refractivity contribution is 0.0937. The van der Waals surface area contributed by atoms with Gasteiger partial charge < -0.3 is 4.74 Å². The number of aromatic nitrogens is 3. The number of thioether (sulfide) groups is 1. The molecule has 2 aromatic carbocycles. The molecule has 0 bridgehead atoms. The molecule has 1 aliphatic rings. The minimum absolute atomic E-state index is 0.0160. The quantitative estimate of drug-likeness (QED) is 0.322. The molecule has 152 valence electrons. The highest BCUT2D eigenvalue weighted by molar-refractivity contribution is 7.98. The van der Waals surface area contributed by atoms with E-state index in [1.807, 2.05) is 48.5 Å². The van der Waals surface area contributed by atoms with Crippen LogP contribution in [0.25, 0.3) is 21.8 Å². The lowest BCUT2D eigenvalue weighted by atomic mass is 10.1. The monoisotopic (exact) mass is 437 g/mol. The fraction of sp³-hybridized carbons (Fsp3) is 0.261. The van der Waals surface area contributed by atoms with Crippen LogP contribution in [0.4, 0.5) is 0 Å². The van der Waals surface area contributed by atoms with Crippen molar-refractivity contribution in [2.24, 2.45) is 0 Å². The first kappa shape index (κ1) is 19.5.